The molecule has 20 heavy (non-hydrogen) atoms. The Hall–Kier alpha value is -1.24. The summed E-state index contributed by atoms with van der Waals surface area (Å²) in [7, 11) is 4.02. The maximum absolute atomic E-state index is 12.1. The van der Waals surface area contributed by atoms with Gasteiger partial charge < -0.3 is 10.2 Å². The molecule has 2 aromatic rings. The van der Waals surface area contributed by atoms with Gasteiger partial charge >= 0.3 is 0 Å². The van der Waals surface area contributed by atoms with Crippen LogP contribution in [0.1, 0.15) is 21.3 Å². The van der Waals surface area contributed by atoms with Crippen LogP contribution in [0.2, 0.25) is 0 Å². The van der Waals surface area contributed by atoms with Crippen LogP contribution in [-0.4, -0.2) is 36.4 Å². The Kier molecular flexibility index (Phi) is 5.28. The number of aromatic nitrogens is 1. The molecule has 2 aromatic heterocycles. The number of hydrogen-bond acceptors (Lipinski definition) is 4. The lowest BCUT2D eigenvalue weighted by molar-refractivity contribution is 0.0942. The van der Waals surface area contributed by atoms with Gasteiger partial charge in [-0.15, -0.1) is 11.3 Å². The van der Waals surface area contributed by atoms with Gasteiger partial charge in [-0.3, -0.25) is 9.78 Å². The zero-order valence-electron chi connectivity index (χ0n) is 11.3. The summed E-state index contributed by atoms with van der Waals surface area (Å²) in [5.74, 6) is -0.109. The lowest BCUT2D eigenvalue weighted by Gasteiger charge is -2.23. The zero-order chi connectivity index (χ0) is 14.5. The van der Waals surface area contributed by atoms with E-state index in [1.165, 1.54) is 4.88 Å². The Labute approximate surface area is 131 Å². The first-order valence-corrected chi connectivity index (χ1v) is 7.84. The van der Waals surface area contributed by atoms with E-state index in [4.69, 9.17) is 0 Å². The minimum absolute atomic E-state index is 0.109. The van der Waals surface area contributed by atoms with Crippen LogP contribution < -0.4 is 5.32 Å². The largest absolute Gasteiger partial charge is 0.350 e. The standard InChI is InChI=1S/C14H16BrN3OS/c1-18(2)12(13-4-3-5-20-13)9-17-14(19)10-6-11(15)8-16-7-10/h3-8,12H,9H2,1-2H3,(H,17,19). The minimum Gasteiger partial charge on any atom is -0.350 e. The third-order valence-corrected chi connectivity index (χ3v) is 4.33. The fourth-order valence-electron chi connectivity index (χ4n) is 1.85. The fraction of sp³-hybridized carbons (Fsp3) is 0.286. The molecule has 2 heterocycles. The molecule has 2 rings (SSSR count). The number of halogens is 1. The maximum Gasteiger partial charge on any atom is 0.252 e. The molecule has 6 heteroatoms. The molecule has 0 saturated heterocycles. The minimum atomic E-state index is -0.109. The number of carbonyl (C=O) groups excluding carboxylic acids is 1. The molecule has 106 valence electrons. The van der Waals surface area contributed by atoms with Crippen molar-refractivity contribution in [1.82, 2.24) is 15.2 Å². The van der Waals surface area contributed by atoms with Crippen molar-refractivity contribution in [3.63, 3.8) is 0 Å². The lowest BCUT2D eigenvalue weighted by Crippen LogP contribution is -2.34. The molecular formula is C14H16BrN3OS. The van der Waals surface area contributed by atoms with Crippen LogP contribution in [0.5, 0.6) is 0 Å². The molecule has 0 aliphatic rings. The molecule has 0 aliphatic heterocycles. The van der Waals surface area contributed by atoms with E-state index in [2.05, 4.69) is 37.2 Å². The van der Waals surface area contributed by atoms with Crippen LogP contribution >= 0.6 is 27.3 Å². The summed E-state index contributed by atoms with van der Waals surface area (Å²) in [5, 5.41) is 5.01. The molecule has 1 unspecified atom stereocenters. The molecule has 0 radical (unpaired) electrons. The van der Waals surface area contributed by atoms with Crippen molar-refractivity contribution >= 4 is 33.2 Å². The van der Waals surface area contributed by atoms with E-state index >= 15 is 0 Å². The number of nitrogens with one attached hydrogen (secondary N) is 1. The van der Waals surface area contributed by atoms with E-state index in [9.17, 15) is 4.79 Å². The highest BCUT2D eigenvalue weighted by Crippen LogP contribution is 2.22. The molecule has 0 aliphatic carbocycles. The first kappa shape index (κ1) is 15.2. The average molecular weight is 354 g/mol. The highest BCUT2D eigenvalue weighted by Gasteiger charge is 2.16. The van der Waals surface area contributed by atoms with Gasteiger partial charge in [0.25, 0.3) is 5.91 Å². The third-order valence-electron chi connectivity index (χ3n) is 2.92. The predicted octanol–water partition coefficient (Wildman–Crippen LogP) is 2.94. The van der Waals surface area contributed by atoms with Crippen LogP contribution in [0.25, 0.3) is 0 Å². The number of nitrogens with zero attached hydrogens (tertiary/aromatic N) is 2. The van der Waals surface area contributed by atoms with Gasteiger partial charge in [0.2, 0.25) is 0 Å². The van der Waals surface area contributed by atoms with Crippen molar-refractivity contribution < 1.29 is 4.79 Å². The number of hydrogen-bond donors (Lipinski definition) is 1. The van der Waals surface area contributed by atoms with Gasteiger partial charge in [0, 0.05) is 28.3 Å². The van der Waals surface area contributed by atoms with Crippen LogP contribution in [-0.2, 0) is 0 Å². The van der Waals surface area contributed by atoms with Crippen LogP contribution in [0.4, 0.5) is 0 Å². The number of likely N-dealkylation sites (N-methyl/N-ethyl adjacent to an activating group) is 1. The summed E-state index contributed by atoms with van der Waals surface area (Å²) in [5.41, 5.74) is 0.558. The van der Waals surface area contributed by atoms with Crippen molar-refractivity contribution in [3.05, 3.63) is 50.9 Å². The maximum atomic E-state index is 12.1. The van der Waals surface area contributed by atoms with Gasteiger partial charge in [-0.1, -0.05) is 6.07 Å². The summed E-state index contributed by atoms with van der Waals surface area (Å²) >= 11 is 5.01. The van der Waals surface area contributed by atoms with Crippen LogP contribution in [0.3, 0.4) is 0 Å². The normalized spacial score (nSPS) is 12.4. The Morgan fingerprint density at radius 3 is 2.90 bits per heavy atom. The van der Waals surface area contributed by atoms with Crippen LogP contribution in [0, 0.1) is 0 Å². The molecule has 0 saturated carbocycles. The van der Waals surface area contributed by atoms with Crippen LogP contribution in [0.15, 0.2) is 40.4 Å². The van der Waals surface area contributed by atoms with Gasteiger partial charge in [-0.25, -0.2) is 0 Å². The molecule has 1 atom stereocenters. The van der Waals surface area contributed by atoms with Crippen molar-refractivity contribution in [1.29, 1.82) is 0 Å². The summed E-state index contributed by atoms with van der Waals surface area (Å²) in [6.07, 6.45) is 3.22. The van der Waals surface area contributed by atoms with Gasteiger partial charge in [0.1, 0.15) is 0 Å². The second-order valence-corrected chi connectivity index (χ2v) is 6.49. The average Bonchev–Trinajstić information content (AvgIpc) is 2.92. The number of pyridine rings is 1. The van der Waals surface area contributed by atoms with E-state index < -0.39 is 0 Å². The predicted molar refractivity (Wildman–Crippen MR) is 85.0 cm³/mol. The van der Waals surface area contributed by atoms with E-state index in [-0.39, 0.29) is 11.9 Å². The molecule has 0 bridgehead atoms. The van der Waals surface area contributed by atoms with E-state index in [0.29, 0.717) is 12.1 Å². The highest BCUT2D eigenvalue weighted by atomic mass is 79.9. The molecule has 1 N–H and O–H groups in total. The summed E-state index contributed by atoms with van der Waals surface area (Å²) < 4.78 is 0.799. The molecule has 0 fully saturated rings. The molecular weight excluding hydrogens is 338 g/mol. The topological polar surface area (TPSA) is 45.2 Å². The molecule has 0 spiro atoms. The Balaban J connectivity index is 2.01. The van der Waals surface area contributed by atoms with Gasteiger partial charge in [0.15, 0.2) is 0 Å². The van der Waals surface area contributed by atoms with E-state index in [0.717, 1.165) is 4.47 Å². The molecule has 1 amide bonds. The molecule has 4 nitrogen and oxygen atoms in total. The Bertz CT molecular complexity index is 572. The monoisotopic (exact) mass is 353 g/mol. The van der Waals surface area contributed by atoms with Gasteiger partial charge in [-0.05, 0) is 47.5 Å². The number of rotatable bonds is 5. The smallest absolute Gasteiger partial charge is 0.252 e. The van der Waals surface area contributed by atoms with Crippen molar-refractivity contribution in [2.75, 3.05) is 20.6 Å². The number of amides is 1. The summed E-state index contributed by atoms with van der Waals surface area (Å²) in [6.45, 7) is 0.568. The SMILES string of the molecule is CN(C)C(CNC(=O)c1cncc(Br)c1)c1cccs1. The second kappa shape index (κ2) is 6.97. The number of carbonyl (C=O) groups is 1. The first-order valence-electron chi connectivity index (χ1n) is 6.16. The van der Waals surface area contributed by atoms with Crippen molar-refractivity contribution in [2.24, 2.45) is 0 Å². The van der Waals surface area contributed by atoms with Gasteiger partial charge in [0.05, 0.1) is 11.6 Å². The second-order valence-electron chi connectivity index (χ2n) is 4.60. The first-order chi connectivity index (χ1) is 9.58. The van der Waals surface area contributed by atoms with E-state index in [1.807, 2.05) is 25.5 Å². The Morgan fingerprint density at radius 1 is 1.50 bits per heavy atom. The Morgan fingerprint density at radius 2 is 2.30 bits per heavy atom. The molecule has 0 aromatic carbocycles. The van der Waals surface area contributed by atoms with Crippen molar-refractivity contribution in [3.8, 4) is 0 Å². The van der Waals surface area contributed by atoms with Gasteiger partial charge in [-0.2, -0.15) is 0 Å². The summed E-state index contributed by atoms with van der Waals surface area (Å²) in [6, 6.07) is 6.05. The zero-order valence-corrected chi connectivity index (χ0v) is 13.7. The quantitative estimate of drug-likeness (QED) is 0.898. The number of thiophene rings is 1. The lowest BCUT2D eigenvalue weighted by atomic mass is 10.2. The van der Waals surface area contributed by atoms with E-state index in [1.54, 1.807) is 29.8 Å². The fourth-order valence-corrected chi connectivity index (χ4v) is 3.13. The summed E-state index contributed by atoms with van der Waals surface area (Å²) in [4.78, 5) is 19.4. The highest BCUT2D eigenvalue weighted by molar-refractivity contribution is 9.10. The van der Waals surface area contributed by atoms with Crippen molar-refractivity contribution in [2.45, 2.75) is 6.04 Å². The third kappa shape index (κ3) is 3.88.